The highest BCUT2D eigenvalue weighted by atomic mass is 28.2. The van der Waals surface area contributed by atoms with E-state index in [2.05, 4.69) is 19.2 Å². The van der Waals surface area contributed by atoms with Gasteiger partial charge in [-0.2, -0.15) is 0 Å². The molecule has 3 rings (SSSR count). The molecule has 3 nitrogen and oxygen atoms in total. The van der Waals surface area contributed by atoms with Gasteiger partial charge in [-0.15, -0.1) is 0 Å². The normalized spacial score (nSPS) is 14.4. The van der Waals surface area contributed by atoms with Crippen molar-refractivity contribution in [1.29, 1.82) is 0 Å². The highest BCUT2D eigenvalue weighted by molar-refractivity contribution is 6.40. The van der Waals surface area contributed by atoms with Gasteiger partial charge >= 0.3 is 0 Å². The molecular formula is C18H18FNO2Si. The summed E-state index contributed by atoms with van der Waals surface area (Å²) in [6.07, 6.45) is 0. The molecule has 0 saturated carbocycles. The molecule has 0 spiro atoms. The van der Waals surface area contributed by atoms with E-state index in [4.69, 9.17) is 0 Å². The van der Waals surface area contributed by atoms with Crippen LogP contribution in [0.2, 0.25) is 0 Å². The van der Waals surface area contributed by atoms with Crippen LogP contribution in [0, 0.1) is 5.82 Å². The van der Waals surface area contributed by atoms with E-state index in [1.165, 1.54) is 6.07 Å². The molecule has 1 heterocycles. The van der Waals surface area contributed by atoms with Gasteiger partial charge in [0.2, 0.25) is 0 Å². The Balaban J connectivity index is 1.84. The molecule has 2 amide bonds. The van der Waals surface area contributed by atoms with Crippen molar-refractivity contribution in [3.05, 3.63) is 70.5 Å². The third-order valence-corrected chi connectivity index (χ3v) is 6.92. The molecule has 0 atom stereocenters. The number of hydrogen-bond acceptors (Lipinski definition) is 2. The average molecular weight is 327 g/mol. The molecule has 5 heteroatoms. The molecule has 2 aromatic rings. The molecule has 23 heavy (non-hydrogen) atoms. The Morgan fingerprint density at radius 2 is 1.83 bits per heavy atom. The monoisotopic (exact) mass is 327 g/mol. The van der Waals surface area contributed by atoms with Crippen molar-refractivity contribution in [2.45, 2.75) is 24.9 Å². The van der Waals surface area contributed by atoms with Crippen molar-refractivity contribution in [1.82, 2.24) is 5.32 Å². The van der Waals surface area contributed by atoms with Gasteiger partial charge in [0, 0.05) is 9.52 Å². The van der Waals surface area contributed by atoms with Gasteiger partial charge in [0.15, 0.2) is 0 Å². The number of carbonyl (C=O) groups is 2. The minimum atomic E-state index is -0.690. The maximum absolute atomic E-state index is 13.5. The quantitative estimate of drug-likeness (QED) is 0.692. The van der Waals surface area contributed by atoms with E-state index in [9.17, 15) is 14.0 Å². The lowest BCUT2D eigenvalue weighted by Gasteiger charge is -2.25. The lowest BCUT2D eigenvalue weighted by atomic mass is 10.0. The summed E-state index contributed by atoms with van der Waals surface area (Å²) in [5, 5.41) is 2.25. The van der Waals surface area contributed by atoms with Crippen LogP contribution in [-0.2, 0) is 11.1 Å². The SMILES string of the molecule is CC(C)([SiH2]Cc1cccc2c1C(=O)NC2=O)c1cccc(F)c1. The molecule has 0 fully saturated rings. The molecule has 0 radical (unpaired) electrons. The van der Waals surface area contributed by atoms with Crippen LogP contribution >= 0.6 is 0 Å². The van der Waals surface area contributed by atoms with E-state index >= 15 is 0 Å². The van der Waals surface area contributed by atoms with Crippen LogP contribution in [0.1, 0.15) is 45.7 Å². The first kappa shape index (κ1) is 15.6. The molecule has 1 aliphatic heterocycles. The summed E-state index contributed by atoms with van der Waals surface area (Å²) < 4.78 is 13.5. The molecule has 1 aliphatic rings. The third kappa shape index (κ3) is 2.96. The highest BCUT2D eigenvalue weighted by Gasteiger charge is 2.30. The molecule has 0 aliphatic carbocycles. The number of fused-ring (bicyclic) bond motifs is 1. The van der Waals surface area contributed by atoms with Gasteiger partial charge in [-0.1, -0.05) is 38.1 Å². The molecule has 0 aromatic heterocycles. The summed E-state index contributed by atoms with van der Waals surface area (Å²) in [5.74, 6) is -0.855. The first-order valence-electron chi connectivity index (χ1n) is 7.62. The Bertz CT molecular complexity index is 801. The van der Waals surface area contributed by atoms with Gasteiger partial charge in [0.1, 0.15) is 5.82 Å². The molecule has 1 N–H and O–H groups in total. The van der Waals surface area contributed by atoms with Crippen LogP contribution in [0.4, 0.5) is 4.39 Å². The molecule has 0 unspecified atom stereocenters. The number of imide groups is 1. The predicted molar refractivity (Wildman–Crippen MR) is 89.9 cm³/mol. The predicted octanol–water partition coefficient (Wildman–Crippen LogP) is 2.31. The summed E-state index contributed by atoms with van der Waals surface area (Å²) in [5.41, 5.74) is 2.88. The van der Waals surface area contributed by atoms with Gasteiger partial charge in [-0.3, -0.25) is 14.9 Å². The van der Waals surface area contributed by atoms with Gasteiger partial charge in [-0.25, -0.2) is 4.39 Å². The smallest absolute Gasteiger partial charge is 0.259 e. The fourth-order valence-corrected chi connectivity index (χ4v) is 4.82. The number of hydrogen-bond donors (Lipinski definition) is 1. The number of nitrogens with one attached hydrogen (secondary N) is 1. The van der Waals surface area contributed by atoms with Crippen molar-refractivity contribution >= 4 is 21.3 Å². The molecule has 118 valence electrons. The maximum Gasteiger partial charge on any atom is 0.259 e. The zero-order valence-electron chi connectivity index (χ0n) is 13.2. The second-order valence-corrected chi connectivity index (χ2v) is 9.28. The lowest BCUT2D eigenvalue weighted by Crippen LogP contribution is -2.28. The minimum Gasteiger partial charge on any atom is -0.288 e. The Morgan fingerprint density at radius 3 is 2.57 bits per heavy atom. The third-order valence-electron chi connectivity index (χ3n) is 4.47. The zero-order valence-corrected chi connectivity index (χ0v) is 14.6. The van der Waals surface area contributed by atoms with E-state index in [0.29, 0.717) is 11.1 Å². The molecule has 0 bridgehead atoms. The summed E-state index contributed by atoms with van der Waals surface area (Å²) in [4.78, 5) is 23.7. The Hall–Kier alpha value is -2.27. The summed E-state index contributed by atoms with van der Waals surface area (Å²) >= 11 is 0. The molecule has 0 saturated heterocycles. The standard InChI is InChI=1S/C18H18FNO2Si/c1-18(2,12-6-4-7-13(19)9-12)23-10-11-5-3-8-14-15(11)17(22)20-16(14)21/h3-9H,10,23H2,1-2H3,(H,20,21,22). The highest BCUT2D eigenvalue weighted by Crippen LogP contribution is 2.26. The van der Waals surface area contributed by atoms with Crippen molar-refractivity contribution in [2.75, 3.05) is 0 Å². The zero-order chi connectivity index (χ0) is 16.6. The van der Waals surface area contributed by atoms with Crippen molar-refractivity contribution < 1.29 is 14.0 Å². The number of amides is 2. The summed E-state index contributed by atoms with van der Waals surface area (Å²) in [6, 6.07) is 12.9. The van der Waals surface area contributed by atoms with Crippen LogP contribution in [0.3, 0.4) is 0 Å². The van der Waals surface area contributed by atoms with Crippen molar-refractivity contribution in [2.24, 2.45) is 0 Å². The minimum absolute atomic E-state index is 0.0933. The number of carbonyl (C=O) groups excluding carboxylic acids is 2. The Labute approximate surface area is 136 Å². The van der Waals surface area contributed by atoms with Crippen LogP contribution in [0.25, 0.3) is 0 Å². The van der Waals surface area contributed by atoms with Crippen molar-refractivity contribution in [3.63, 3.8) is 0 Å². The topological polar surface area (TPSA) is 46.2 Å². The fraction of sp³-hybridized carbons (Fsp3) is 0.222. The van der Waals surface area contributed by atoms with Crippen LogP contribution in [0.15, 0.2) is 42.5 Å². The first-order valence-corrected chi connectivity index (χ1v) is 9.33. The first-order chi connectivity index (χ1) is 10.9. The Morgan fingerprint density at radius 1 is 1.09 bits per heavy atom. The van der Waals surface area contributed by atoms with Gasteiger partial charge in [0.25, 0.3) is 11.8 Å². The van der Waals surface area contributed by atoms with E-state index in [1.807, 2.05) is 18.2 Å². The number of halogens is 1. The van der Waals surface area contributed by atoms with E-state index in [1.54, 1.807) is 18.2 Å². The molecular weight excluding hydrogens is 309 g/mol. The van der Waals surface area contributed by atoms with E-state index < -0.39 is 9.52 Å². The van der Waals surface area contributed by atoms with E-state index in [0.717, 1.165) is 17.2 Å². The van der Waals surface area contributed by atoms with Gasteiger partial charge < -0.3 is 0 Å². The molecule has 2 aromatic carbocycles. The van der Waals surface area contributed by atoms with Crippen LogP contribution in [-0.4, -0.2) is 21.3 Å². The van der Waals surface area contributed by atoms with Crippen LogP contribution in [0.5, 0.6) is 0 Å². The maximum atomic E-state index is 13.5. The van der Waals surface area contributed by atoms with Gasteiger partial charge in [-0.05, 0) is 40.4 Å². The van der Waals surface area contributed by atoms with E-state index in [-0.39, 0.29) is 22.7 Å². The number of rotatable bonds is 4. The lowest BCUT2D eigenvalue weighted by molar-refractivity contribution is 0.0879. The second-order valence-electron chi connectivity index (χ2n) is 6.52. The average Bonchev–Trinajstić information content (AvgIpc) is 2.81. The largest absolute Gasteiger partial charge is 0.288 e. The second kappa shape index (κ2) is 5.74. The number of benzene rings is 2. The van der Waals surface area contributed by atoms with Crippen molar-refractivity contribution in [3.8, 4) is 0 Å². The summed E-state index contributed by atoms with van der Waals surface area (Å²) in [7, 11) is -0.690. The summed E-state index contributed by atoms with van der Waals surface area (Å²) in [6.45, 7) is 4.23. The van der Waals surface area contributed by atoms with Gasteiger partial charge in [0.05, 0.1) is 11.1 Å². The fourth-order valence-electron chi connectivity index (χ4n) is 3.00. The Kier molecular flexibility index (Phi) is 3.89. The van der Waals surface area contributed by atoms with Crippen LogP contribution < -0.4 is 5.32 Å².